The first kappa shape index (κ1) is 16.3. The number of methoxy groups -OCH3 is 1. The molecule has 3 heterocycles. The SMILES string of the molecule is C=c1[nH]c2ncnc(Cl)c2/c1=C/C(OC)=C(\C)c1c(C)noc1C. The lowest BCUT2D eigenvalue weighted by molar-refractivity contribution is 0.315. The van der Waals surface area contributed by atoms with E-state index in [-0.39, 0.29) is 0 Å². The predicted molar refractivity (Wildman–Crippen MR) is 93.7 cm³/mol. The van der Waals surface area contributed by atoms with Crippen LogP contribution in [0.3, 0.4) is 0 Å². The molecule has 0 radical (unpaired) electrons. The fourth-order valence-electron chi connectivity index (χ4n) is 2.81. The van der Waals surface area contributed by atoms with Crippen molar-refractivity contribution in [3.05, 3.63) is 44.8 Å². The van der Waals surface area contributed by atoms with Gasteiger partial charge in [-0.05, 0) is 26.8 Å². The molecule has 0 aliphatic carbocycles. The van der Waals surface area contributed by atoms with Crippen LogP contribution in [0.2, 0.25) is 5.15 Å². The Morgan fingerprint density at radius 2 is 2.12 bits per heavy atom. The van der Waals surface area contributed by atoms with Crippen molar-refractivity contribution in [3.8, 4) is 0 Å². The zero-order valence-corrected chi connectivity index (χ0v) is 14.7. The summed E-state index contributed by atoms with van der Waals surface area (Å²) in [7, 11) is 1.61. The maximum absolute atomic E-state index is 6.23. The van der Waals surface area contributed by atoms with Crippen LogP contribution < -0.4 is 10.6 Å². The second kappa shape index (κ2) is 6.13. The fraction of sp³-hybridized carbons (Fsp3) is 0.235. The molecule has 0 amide bonds. The molecule has 1 N–H and O–H groups in total. The number of hydrogen-bond acceptors (Lipinski definition) is 5. The molecule has 0 fully saturated rings. The van der Waals surface area contributed by atoms with E-state index < -0.39 is 0 Å². The van der Waals surface area contributed by atoms with Gasteiger partial charge in [-0.25, -0.2) is 9.97 Å². The van der Waals surface area contributed by atoms with E-state index in [4.69, 9.17) is 20.9 Å². The zero-order valence-electron chi connectivity index (χ0n) is 13.9. The van der Waals surface area contributed by atoms with E-state index in [9.17, 15) is 0 Å². The van der Waals surface area contributed by atoms with Gasteiger partial charge in [0, 0.05) is 21.7 Å². The van der Waals surface area contributed by atoms with E-state index >= 15 is 0 Å². The molecular formula is C17H17ClN4O2. The minimum atomic E-state index is 0.364. The Labute approximate surface area is 143 Å². The highest BCUT2D eigenvalue weighted by atomic mass is 35.5. The summed E-state index contributed by atoms with van der Waals surface area (Å²) in [5.74, 6) is 1.40. The number of aromatic nitrogens is 4. The van der Waals surface area contributed by atoms with Crippen LogP contribution in [0.4, 0.5) is 0 Å². The molecule has 6 nitrogen and oxygen atoms in total. The first-order valence-electron chi connectivity index (χ1n) is 7.31. The average Bonchev–Trinajstić information content (AvgIpc) is 3.04. The van der Waals surface area contributed by atoms with Crippen molar-refractivity contribution in [1.82, 2.24) is 20.1 Å². The number of allylic oxidation sites excluding steroid dienone is 2. The van der Waals surface area contributed by atoms with Gasteiger partial charge in [0.1, 0.15) is 28.6 Å². The van der Waals surface area contributed by atoms with Crippen molar-refractivity contribution in [2.45, 2.75) is 20.8 Å². The number of nitrogens with one attached hydrogen (secondary N) is 1. The number of rotatable bonds is 3. The van der Waals surface area contributed by atoms with Gasteiger partial charge in [0.2, 0.25) is 0 Å². The van der Waals surface area contributed by atoms with Gasteiger partial charge >= 0.3 is 0 Å². The van der Waals surface area contributed by atoms with E-state index in [1.54, 1.807) is 7.11 Å². The molecule has 0 unspecified atom stereocenters. The summed E-state index contributed by atoms with van der Waals surface area (Å²) in [6, 6.07) is 0. The number of halogens is 1. The molecule has 0 aliphatic heterocycles. The minimum Gasteiger partial charge on any atom is -0.496 e. The van der Waals surface area contributed by atoms with Gasteiger partial charge in [0.25, 0.3) is 0 Å². The predicted octanol–water partition coefficient (Wildman–Crippen LogP) is 2.48. The van der Waals surface area contributed by atoms with E-state index in [2.05, 4.69) is 26.7 Å². The Hall–Kier alpha value is -2.60. The lowest BCUT2D eigenvalue weighted by Gasteiger charge is -2.07. The van der Waals surface area contributed by atoms with Crippen LogP contribution in [-0.4, -0.2) is 27.2 Å². The van der Waals surface area contributed by atoms with Crippen LogP contribution >= 0.6 is 11.6 Å². The third-order valence-corrected chi connectivity index (χ3v) is 4.22. The summed E-state index contributed by atoms with van der Waals surface area (Å²) in [4.78, 5) is 11.3. The molecule has 0 saturated heterocycles. The molecule has 3 rings (SSSR count). The third kappa shape index (κ3) is 2.59. The van der Waals surface area contributed by atoms with Gasteiger partial charge in [-0.3, -0.25) is 0 Å². The van der Waals surface area contributed by atoms with Crippen LogP contribution in [-0.2, 0) is 4.74 Å². The number of aryl methyl sites for hydroxylation is 2. The standard InChI is InChI=1S/C17H17ClN4O2/c1-8(14-10(3)22-24-11(14)4)13(23-5)6-12-9(2)21-17-15(12)16(18)19-7-20-17/h6-7H,2H2,1,3-5H3,(H,19,20,21)/b12-6+,13-8-. The number of aromatic amines is 1. The number of nitrogens with zero attached hydrogens (tertiary/aromatic N) is 3. The largest absolute Gasteiger partial charge is 0.496 e. The number of H-pyrrole nitrogens is 1. The van der Waals surface area contributed by atoms with E-state index in [1.807, 2.05) is 26.8 Å². The molecule has 124 valence electrons. The maximum Gasteiger partial charge on any atom is 0.143 e. The average molecular weight is 345 g/mol. The highest BCUT2D eigenvalue weighted by Crippen LogP contribution is 2.26. The van der Waals surface area contributed by atoms with Crippen LogP contribution in [0.15, 0.2) is 16.6 Å². The quantitative estimate of drug-likeness (QED) is 0.583. The van der Waals surface area contributed by atoms with Gasteiger partial charge in [0.15, 0.2) is 0 Å². The molecule has 0 aliphatic rings. The minimum absolute atomic E-state index is 0.364. The Morgan fingerprint density at radius 1 is 1.38 bits per heavy atom. The monoisotopic (exact) mass is 344 g/mol. The summed E-state index contributed by atoms with van der Waals surface area (Å²) in [6.07, 6.45) is 3.28. The molecule has 7 heteroatoms. The molecular weight excluding hydrogens is 328 g/mol. The fourth-order valence-corrected chi connectivity index (χ4v) is 3.05. The Balaban J connectivity index is 2.32. The van der Waals surface area contributed by atoms with Gasteiger partial charge in [0.05, 0.1) is 18.2 Å². The first-order chi connectivity index (χ1) is 11.4. The van der Waals surface area contributed by atoms with Crippen molar-refractivity contribution < 1.29 is 9.26 Å². The molecule has 3 aromatic heterocycles. The lowest BCUT2D eigenvalue weighted by Crippen LogP contribution is -2.21. The highest BCUT2D eigenvalue weighted by Gasteiger charge is 2.15. The number of ether oxygens (including phenoxy) is 1. The van der Waals surface area contributed by atoms with Crippen molar-refractivity contribution in [1.29, 1.82) is 0 Å². The molecule has 0 spiro atoms. The second-order valence-corrected chi connectivity index (χ2v) is 5.80. The normalized spacial score (nSPS) is 13.5. The highest BCUT2D eigenvalue weighted by molar-refractivity contribution is 6.33. The lowest BCUT2D eigenvalue weighted by atomic mass is 10.0. The zero-order chi connectivity index (χ0) is 17.4. The molecule has 0 saturated carbocycles. The van der Waals surface area contributed by atoms with Crippen LogP contribution in [0, 0.1) is 13.8 Å². The molecule has 24 heavy (non-hydrogen) atoms. The Kier molecular flexibility index (Phi) is 4.15. The van der Waals surface area contributed by atoms with Crippen LogP contribution in [0.1, 0.15) is 23.9 Å². The van der Waals surface area contributed by atoms with E-state index in [0.717, 1.165) is 27.8 Å². The molecule has 0 atom stereocenters. The Morgan fingerprint density at radius 3 is 2.75 bits per heavy atom. The maximum atomic E-state index is 6.23. The summed E-state index contributed by atoms with van der Waals surface area (Å²) in [5, 5.41) is 6.55. The summed E-state index contributed by atoms with van der Waals surface area (Å²) in [5.41, 5.74) is 3.28. The van der Waals surface area contributed by atoms with Gasteiger partial charge in [-0.2, -0.15) is 0 Å². The van der Waals surface area contributed by atoms with Crippen LogP contribution in [0.5, 0.6) is 0 Å². The van der Waals surface area contributed by atoms with Crippen molar-refractivity contribution in [3.63, 3.8) is 0 Å². The second-order valence-electron chi connectivity index (χ2n) is 5.44. The Bertz CT molecular complexity index is 1040. The van der Waals surface area contributed by atoms with E-state index in [0.29, 0.717) is 27.3 Å². The van der Waals surface area contributed by atoms with Gasteiger partial charge in [-0.15, -0.1) is 0 Å². The summed E-state index contributed by atoms with van der Waals surface area (Å²) < 4.78 is 10.8. The third-order valence-electron chi connectivity index (χ3n) is 3.94. The summed E-state index contributed by atoms with van der Waals surface area (Å²) in [6.45, 7) is 9.74. The van der Waals surface area contributed by atoms with Crippen molar-refractivity contribution >= 4 is 40.9 Å². The van der Waals surface area contributed by atoms with Gasteiger partial charge in [-0.1, -0.05) is 23.3 Å². The number of hydrogen-bond donors (Lipinski definition) is 1. The van der Waals surface area contributed by atoms with Crippen molar-refractivity contribution in [2.24, 2.45) is 0 Å². The molecule has 0 aromatic carbocycles. The smallest absolute Gasteiger partial charge is 0.143 e. The first-order valence-corrected chi connectivity index (χ1v) is 7.68. The van der Waals surface area contributed by atoms with E-state index in [1.165, 1.54) is 6.33 Å². The number of fused-ring (bicyclic) bond motifs is 1. The van der Waals surface area contributed by atoms with Gasteiger partial charge < -0.3 is 14.2 Å². The van der Waals surface area contributed by atoms with Crippen LogP contribution in [0.25, 0.3) is 29.3 Å². The topological polar surface area (TPSA) is 76.8 Å². The molecule has 0 bridgehead atoms. The molecule has 3 aromatic rings. The summed E-state index contributed by atoms with van der Waals surface area (Å²) >= 11 is 6.23. The van der Waals surface area contributed by atoms with Crippen molar-refractivity contribution in [2.75, 3.05) is 7.11 Å².